The highest BCUT2D eigenvalue weighted by Crippen LogP contribution is 2.53. The molecule has 0 fully saturated rings. The molecule has 0 aromatic heterocycles. The first-order valence-electron chi connectivity index (χ1n) is 8.34. The second kappa shape index (κ2) is 6.27. The van der Waals surface area contributed by atoms with Crippen LogP contribution in [0.5, 0.6) is 0 Å². The van der Waals surface area contributed by atoms with E-state index in [1.165, 1.54) is 12.1 Å². The van der Waals surface area contributed by atoms with Gasteiger partial charge in [-0.25, -0.2) is 0 Å². The van der Waals surface area contributed by atoms with Gasteiger partial charge in [0, 0.05) is 23.1 Å². The number of alkyl halides is 3. The molecule has 1 N–H and O–H groups in total. The Morgan fingerprint density at radius 3 is 2.52 bits per heavy atom. The Hall–Kier alpha value is -2.54. The van der Waals surface area contributed by atoms with E-state index in [0.29, 0.717) is 17.5 Å². The first kappa shape index (κ1) is 17.9. The van der Waals surface area contributed by atoms with Crippen molar-refractivity contribution >= 4 is 23.0 Å². The average molecular weight is 395 g/mol. The molecule has 4 nitrogen and oxygen atoms in total. The third kappa shape index (κ3) is 3.06. The number of hydrogen-bond acceptors (Lipinski definition) is 3. The van der Waals surface area contributed by atoms with Gasteiger partial charge < -0.3 is 5.32 Å². The highest BCUT2D eigenvalue weighted by Gasteiger charge is 2.43. The van der Waals surface area contributed by atoms with Gasteiger partial charge in [0.15, 0.2) is 0 Å². The lowest BCUT2D eigenvalue weighted by Crippen LogP contribution is -2.30. The minimum atomic E-state index is -4.54. The molecule has 1 aliphatic heterocycles. The summed E-state index contributed by atoms with van der Waals surface area (Å²) in [4.78, 5) is 10.4. The summed E-state index contributed by atoms with van der Waals surface area (Å²) in [6.45, 7) is 0. The standard InChI is InChI=1S/C19H14ClF3N2O2/c20-11-8-15-13-2-1-3-14(13)17(10-4-6-12(7-5-10)25(26)27)24-18(15)16(9-11)19(21,22)23/h1-2,4-9,13-14,17,24H,3H2/t13-,14-,17-/m1/s1. The van der Waals surface area contributed by atoms with E-state index < -0.39 is 16.7 Å². The van der Waals surface area contributed by atoms with Crippen molar-refractivity contribution in [2.24, 2.45) is 5.92 Å². The molecule has 2 aliphatic rings. The second-order valence-electron chi connectivity index (χ2n) is 6.74. The molecule has 0 amide bonds. The van der Waals surface area contributed by atoms with E-state index in [-0.39, 0.29) is 34.3 Å². The molecule has 1 aliphatic carbocycles. The summed E-state index contributed by atoms with van der Waals surface area (Å²) in [6, 6.07) is 8.06. The zero-order valence-corrected chi connectivity index (χ0v) is 14.6. The lowest BCUT2D eigenvalue weighted by Gasteiger charge is -2.38. The van der Waals surface area contributed by atoms with Crippen LogP contribution in [0.1, 0.15) is 35.1 Å². The Morgan fingerprint density at radius 1 is 1.19 bits per heavy atom. The number of nitrogens with zero attached hydrogens (tertiary/aromatic N) is 1. The first-order chi connectivity index (χ1) is 12.8. The Morgan fingerprint density at radius 2 is 1.89 bits per heavy atom. The molecule has 0 bridgehead atoms. The Labute approximate surface area is 157 Å². The van der Waals surface area contributed by atoms with Crippen LogP contribution in [-0.4, -0.2) is 4.92 Å². The zero-order valence-electron chi connectivity index (χ0n) is 13.8. The number of benzene rings is 2. The fourth-order valence-electron chi connectivity index (χ4n) is 4.02. The van der Waals surface area contributed by atoms with Gasteiger partial charge in [0.25, 0.3) is 5.69 Å². The SMILES string of the molecule is O=[N+]([O-])c1ccc([C@H]2Nc3c(cc(Cl)cc3C(F)(F)F)[C@@H]3C=CC[C@@H]23)cc1. The molecule has 0 saturated heterocycles. The van der Waals surface area contributed by atoms with Gasteiger partial charge in [-0.15, -0.1) is 0 Å². The minimum absolute atomic E-state index is 0.0125. The Kier molecular flexibility index (Phi) is 4.14. The fourth-order valence-corrected chi connectivity index (χ4v) is 4.25. The quantitative estimate of drug-likeness (QED) is 0.380. The highest BCUT2D eigenvalue weighted by molar-refractivity contribution is 6.30. The van der Waals surface area contributed by atoms with Gasteiger partial charge in [-0.05, 0) is 35.6 Å². The van der Waals surface area contributed by atoms with E-state index >= 15 is 0 Å². The van der Waals surface area contributed by atoms with Crippen molar-refractivity contribution in [1.82, 2.24) is 0 Å². The summed E-state index contributed by atoms with van der Waals surface area (Å²) < 4.78 is 40.7. The zero-order chi connectivity index (χ0) is 19.3. The monoisotopic (exact) mass is 394 g/mol. The van der Waals surface area contributed by atoms with E-state index in [1.54, 1.807) is 18.2 Å². The van der Waals surface area contributed by atoms with Gasteiger partial charge in [0.05, 0.1) is 22.2 Å². The van der Waals surface area contributed by atoms with E-state index in [2.05, 4.69) is 5.32 Å². The Balaban J connectivity index is 1.82. The Bertz CT molecular complexity index is 941. The molecule has 2 aromatic rings. The van der Waals surface area contributed by atoms with Crippen LogP contribution in [0, 0.1) is 16.0 Å². The number of halogens is 4. The molecule has 0 unspecified atom stereocenters. The van der Waals surface area contributed by atoms with Crippen molar-refractivity contribution in [3.05, 3.63) is 80.4 Å². The lowest BCUT2D eigenvalue weighted by atomic mass is 9.76. The van der Waals surface area contributed by atoms with Gasteiger partial charge in [0.1, 0.15) is 0 Å². The summed E-state index contributed by atoms with van der Waals surface area (Å²) in [5.41, 5.74) is 0.428. The maximum Gasteiger partial charge on any atom is 0.418 e. The van der Waals surface area contributed by atoms with Crippen molar-refractivity contribution in [3.8, 4) is 0 Å². The van der Waals surface area contributed by atoms with Gasteiger partial charge >= 0.3 is 6.18 Å². The van der Waals surface area contributed by atoms with Crippen LogP contribution in [0.25, 0.3) is 0 Å². The topological polar surface area (TPSA) is 55.2 Å². The average Bonchev–Trinajstić information content (AvgIpc) is 3.10. The summed E-state index contributed by atoms with van der Waals surface area (Å²) in [6.07, 6.45) is 0.0294. The van der Waals surface area contributed by atoms with E-state index in [4.69, 9.17) is 11.6 Å². The van der Waals surface area contributed by atoms with Crippen LogP contribution < -0.4 is 5.32 Å². The predicted octanol–water partition coefficient (Wildman–Crippen LogP) is 6.09. The number of nitro groups is 1. The largest absolute Gasteiger partial charge is 0.418 e. The van der Waals surface area contributed by atoms with E-state index in [9.17, 15) is 23.3 Å². The molecule has 2 aromatic carbocycles. The molecule has 3 atom stereocenters. The van der Waals surface area contributed by atoms with Gasteiger partial charge in [-0.3, -0.25) is 10.1 Å². The number of nitrogens with one attached hydrogen (secondary N) is 1. The van der Waals surface area contributed by atoms with Gasteiger partial charge in [-0.2, -0.15) is 13.2 Å². The molecule has 0 saturated carbocycles. The third-order valence-electron chi connectivity index (χ3n) is 5.20. The van der Waals surface area contributed by atoms with Gasteiger partial charge in [-0.1, -0.05) is 35.9 Å². The van der Waals surface area contributed by atoms with Crippen LogP contribution in [0.2, 0.25) is 5.02 Å². The summed E-state index contributed by atoms with van der Waals surface area (Å²) >= 11 is 5.96. The van der Waals surface area contributed by atoms with Crippen molar-refractivity contribution in [3.63, 3.8) is 0 Å². The lowest BCUT2D eigenvalue weighted by molar-refractivity contribution is -0.384. The predicted molar refractivity (Wildman–Crippen MR) is 95.9 cm³/mol. The van der Waals surface area contributed by atoms with Crippen molar-refractivity contribution in [2.75, 3.05) is 5.32 Å². The molecule has 140 valence electrons. The number of anilines is 1. The maximum atomic E-state index is 13.6. The molecular weight excluding hydrogens is 381 g/mol. The van der Waals surface area contributed by atoms with Gasteiger partial charge in [0.2, 0.25) is 0 Å². The number of hydrogen-bond donors (Lipinski definition) is 1. The van der Waals surface area contributed by atoms with Crippen molar-refractivity contribution < 1.29 is 18.1 Å². The first-order valence-corrected chi connectivity index (χ1v) is 8.71. The maximum absolute atomic E-state index is 13.6. The molecule has 27 heavy (non-hydrogen) atoms. The number of rotatable bonds is 2. The molecular formula is C19H14ClF3N2O2. The minimum Gasteiger partial charge on any atom is -0.377 e. The molecule has 4 rings (SSSR count). The van der Waals surface area contributed by atoms with E-state index in [0.717, 1.165) is 6.07 Å². The summed E-state index contributed by atoms with van der Waals surface area (Å²) in [5.74, 6) is -0.181. The van der Waals surface area contributed by atoms with Crippen molar-refractivity contribution in [1.29, 1.82) is 0 Å². The molecule has 8 heteroatoms. The third-order valence-corrected chi connectivity index (χ3v) is 5.42. The van der Waals surface area contributed by atoms with E-state index in [1.807, 2.05) is 12.2 Å². The number of fused-ring (bicyclic) bond motifs is 3. The molecule has 0 radical (unpaired) electrons. The van der Waals surface area contributed by atoms with Crippen LogP contribution in [0.15, 0.2) is 48.6 Å². The molecule has 1 heterocycles. The second-order valence-corrected chi connectivity index (χ2v) is 7.18. The molecule has 0 spiro atoms. The summed E-state index contributed by atoms with van der Waals surface area (Å²) in [7, 11) is 0. The smallest absolute Gasteiger partial charge is 0.377 e. The van der Waals surface area contributed by atoms with Crippen molar-refractivity contribution in [2.45, 2.75) is 24.6 Å². The van der Waals surface area contributed by atoms with Crippen LogP contribution in [0.4, 0.5) is 24.5 Å². The normalized spacial score (nSPS) is 23.5. The van der Waals surface area contributed by atoms with Crippen LogP contribution in [-0.2, 0) is 6.18 Å². The number of non-ortho nitro benzene ring substituents is 1. The fraction of sp³-hybridized carbons (Fsp3) is 0.263. The van der Waals surface area contributed by atoms with Crippen LogP contribution >= 0.6 is 11.6 Å². The number of allylic oxidation sites excluding steroid dienone is 2. The van der Waals surface area contributed by atoms with Crippen LogP contribution in [0.3, 0.4) is 0 Å². The number of nitro benzene ring substituents is 1. The summed E-state index contributed by atoms with van der Waals surface area (Å²) in [5, 5.41) is 14.0. The highest BCUT2D eigenvalue weighted by atomic mass is 35.5.